The van der Waals surface area contributed by atoms with E-state index in [1.807, 2.05) is 6.07 Å². The van der Waals surface area contributed by atoms with Gasteiger partial charge in [-0.25, -0.2) is 8.42 Å². The van der Waals surface area contributed by atoms with Crippen LogP contribution in [0.3, 0.4) is 0 Å². The number of nitrogens with one attached hydrogen (secondary N) is 1. The van der Waals surface area contributed by atoms with Gasteiger partial charge in [-0.3, -0.25) is 4.72 Å². The minimum atomic E-state index is -3.83. The zero-order valence-electron chi connectivity index (χ0n) is 10.0. The van der Waals surface area contributed by atoms with Crippen LogP contribution in [0, 0.1) is 11.3 Å². The van der Waals surface area contributed by atoms with E-state index in [1.54, 1.807) is 0 Å². The number of nitriles is 1. The van der Waals surface area contributed by atoms with Gasteiger partial charge in [0.15, 0.2) is 0 Å². The van der Waals surface area contributed by atoms with Gasteiger partial charge in [0, 0.05) is 0 Å². The van der Waals surface area contributed by atoms with Gasteiger partial charge in [-0.15, -0.1) is 0 Å². The molecule has 0 amide bonds. The first kappa shape index (κ1) is 14.2. The van der Waals surface area contributed by atoms with Crippen molar-refractivity contribution < 1.29 is 13.5 Å². The van der Waals surface area contributed by atoms with Crippen LogP contribution in [-0.2, 0) is 10.0 Å². The number of rotatable bonds is 3. The highest BCUT2D eigenvalue weighted by molar-refractivity contribution is 7.92. The van der Waals surface area contributed by atoms with Crippen LogP contribution >= 0.6 is 11.6 Å². The van der Waals surface area contributed by atoms with Crippen molar-refractivity contribution in [2.75, 3.05) is 4.72 Å². The van der Waals surface area contributed by atoms with Crippen LogP contribution in [0.4, 0.5) is 5.69 Å². The summed E-state index contributed by atoms with van der Waals surface area (Å²) in [7, 11) is -3.83. The largest absolute Gasteiger partial charge is 0.508 e. The molecule has 0 aliphatic rings. The monoisotopic (exact) mass is 308 g/mol. The minimum Gasteiger partial charge on any atom is -0.508 e. The molecule has 0 aromatic heterocycles. The Morgan fingerprint density at radius 1 is 1.15 bits per heavy atom. The van der Waals surface area contributed by atoms with Crippen molar-refractivity contribution >= 4 is 27.3 Å². The third kappa shape index (κ3) is 3.02. The van der Waals surface area contributed by atoms with Crippen molar-refractivity contribution in [1.82, 2.24) is 0 Å². The van der Waals surface area contributed by atoms with Gasteiger partial charge in [0.05, 0.1) is 27.2 Å². The first-order valence-corrected chi connectivity index (χ1v) is 7.30. The van der Waals surface area contributed by atoms with Gasteiger partial charge in [-0.05, 0) is 42.5 Å². The zero-order chi connectivity index (χ0) is 14.8. The number of aromatic hydroxyl groups is 1. The Labute approximate surface area is 121 Å². The van der Waals surface area contributed by atoms with E-state index in [0.717, 1.165) is 0 Å². The Bertz CT molecular complexity index is 780. The Morgan fingerprint density at radius 3 is 2.40 bits per heavy atom. The van der Waals surface area contributed by atoms with E-state index < -0.39 is 10.0 Å². The summed E-state index contributed by atoms with van der Waals surface area (Å²) < 4.78 is 26.6. The Balaban J connectivity index is 2.38. The first-order valence-electron chi connectivity index (χ1n) is 5.44. The number of halogens is 1. The third-order valence-electron chi connectivity index (χ3n) is 2.49. The van der Waals surface area contributed by atoms with Gasteiger partial charge < -0.3 is 5.11 Å². The SMILES string of the molecule is N#Cc1ccc(Cl)c(NS(=O)(=O)c2ccc(O)cc2)c1. The molecule has 20 heavy (non-hydrogen) atoms. The molecule has 0 saturated heterocycles. The summed E-state index contributed by atoms with van der Waals surface area (Å²) in [6.07, 6.45) is 0. The molecule has 0 aliphatic heterocycles. The van der Waals surface area contributed by atoms with Crippen LogP contribution in [-0.4, -0.2) is 13.5 Å². The lowest BCUT2D eigenvalue weighted by Crippen LogP contribution is -2.13. The molecular weight excluding hydrogens is 300 g/mol. The summed E-state index contributed by atoms with van der Waals surface area (Å²) in [4.78, 5) is -0.0197. The van der Waals surface area contributed by atoms with E-state index >= 15 is 0 Å². The molecule has 0 radical (unpaired) electrons. The molecular formula is C13H9ClN2O3S. The second-order valence-corrected chi connectivity index (χ2v) is 6.00. The van der Waals surface area contributed by atoms with Gasteiger partial charge >= 0.3 is 0 Å². The van der Waals surface area contributed by atoms with Gasteiger partial charge in [-0.1, -0.05) is 11.6 Å². The Hall–Kier alpha value is -2.23. The number of phenolic OH excluding ortho intramolecular Hbond substituents is 1. The van der Waals surface area contributed by atoms with E-state index in [-0.39, 0.29) is 26.9 Å². The van der Waals surface area contributed by atoms with Gasteiger partial charge in [-0.2, -0.15) is 5.26 Å². The maximum absolute atomic E-state index is 12.1. The molecule has 2 aromatic carbocycles. The fourth-order valence-corrected chi connectivity index (χ4v) is 2.79. The van der Waals surface area contributed by atoms with Gasteiger partial charge in [0.2, 0.25) is 0 Å². The number of phenols is 1. The number of nitrogens with zero attached hydrogens (tertiary/aromatic N) is 1. The molecule has 0 unspecified atom stereocenters. The summed E-state index contributed by atoms with van der Waals surface area (Å²) in [5.74, 6) is -0.0338. The third-order valence-corrected chi connectivity index (χ3v) is 4.20. The molecule has 0 heterocycles. The normalized spacial score (nSPS) is 10.8. The maximum atomic E-state index is 12.1. The average Bonchev–Trinajstić information content (AvgIpc) is 2.41. The quantitative estimate of drug-likeness (QED) is 0.912. The standard InChI is InChI=1S/C13H9ClN2O3S/c14-12-6-1-9(8-15)7-13(12)16-20(18,19)11-4-2-10(17)3-5-11/h1-7,16-17H. The van der Waals surface area contributed by atoms with Crippen molar-refractivity contribution in [2.24, 2.45) is 0 Å². The van der Waals surface area contributed by atoms with Crippen LogP contribution in [0.2, 0.25) is 5.02 Å². The highest BCUT2D eigenvalue weighted by Gasteiger charge is 2.16. The van der Waals surface area contributed by atoms with Crippen molar-refractivity contribution in [2.45, 2.75) is 4.90 Å². The molecule has 0 saturated carbocycles. The number of anilines is 1. The topological polar surface area (TPSA) is 90.2 Å². The molecule has 5 nitrogen and oxygen atoms in total. The van der Waals surface area contributed by atoms with Crippen LogP contribution in [0.5, 0.6) is 5.75 Å². The van der Waals surface area contributed by atoms with Crippen LogP contribution < -0.4 is 4.72 Å². The summed E-state index contributed by atoms with van der Waals surface area (Å²) >= 11 is 5.90. The molecule has 7 heteroatoms. The van der Waals surface area contributed by atoms with Crippen molar-refractivity contribution in [3.05, 3.63) is 53.1 Å². The fraction of sp³-hybridized carbons (Fsp3) is 0. The molecule has 0 fully saturated rings. The van der Waals surface area contributed by atoms with Crippen LogP contribution in [0.1, 0.15) is 5.56 Å². The molecule has 2 aromatic rings. The molecule has 102 valence electrons. The van der Waals surface area contributed by atoms with E-state index in [9.17, 15) is 8.42 Å². The maximum Gasteiger partial charge on any atom is 0.261 e. The summed E-state index contributed by atoms with van der Waals surface area (Å²) in [6, 6.07) is 11.2. The lowest BCUT2D eigenvalue weighted by Gasteiger charge is -2.10. The van der Waals surface area contributed by atoms with Crippen molar-refractivity contribution in [1.29, 1.82) is 5.26 Å². The minimum absolute atomic E-state index is 0.0197. The summed E-state index contributed by atoms with van der Waals surface area (Å²) in [5.41, 5.74) is 0.414. The number of benzene rings is 2. The van der Waals surface area contributed by atoms with E-state index in [1.165, 1.54) is 42.5 Å². The highest BCUT2D eigenvalue weighted by atomic mass is 35.5. The summed E-state index contributed by atoms with van der Waals surface area (Å²) in [6.45, 7) is 0. The second-order valence-electron chi connectivity index (χ2n) is 3.91. The predicted molar refractivity (Wildman–Crippen MR) is 75.1 cm³/mol. The van der Waals surface area contributed by atoms with Crippen molar-refractivity contribution in [3.8, 4) is 11.8 Å². The molecule has 0 atom stereocenters. The average molecular weight is 309 g/mol. The first-order chi connectivity index (χ1) is 9.42. The zero-order valence-corrected chi connectivity index (χ0v) is 11.6. The van der Waals surface area contributed by atoms with E-state index in [0.29, 0.717) is 0 Å². The van der Waals surface area contributed by atoms with E-state index in [4.69, 9.17) is 22.0 Å². The molecule has 0 spiro atoms. The highest BCUT2D eigenvalue weighted by Crippen LogP contribution is 2.26. The lowest BCUT2D eigenvalue weighted by atomic mass is 10.2. The van der Waals surface area contributed by atoms with Gasteiger partial charge in [0.25, 0.3) is 10.0 Å². The van der Waals surface area contributed by atoms with Crippen LogP contribution in [0.25, 0.3) is 0 Å². The number of hydrogen-bond acceptors (Lipinski definition) is 4. The molecule has 2 rings (SSSR count). The molecule has 0 aliphatic carbocycles. The smallest absolute Gasteiger partial charge is 0.261 e. The Kier molecular flexibility index (Phi) is 3.84. The molecule has 0 bridgehead atoms. The predicted octanol–water partition coefficient (Wildman–Crippen LogP) is 2.72. The second kappa shape index (κ2) is 5.41. The fourth-order valence-electron chi connectivity index (χ4n) is 1.50. The van der Waals surface area contributed by atoms with Gasteiger partial charge in [0.1, 0.15) is 5.75 Å². The number of hydrogen-bond donors (Lipinski definition) is 2. The van der Waals surface area contributed by atoms with E-state index in [2.05, 4.69) is 4.72 Å². The summed E-state index contributed by atoms with van der Waals surface area (Å²) in [5, 5.41) is 18.1. The van der Waals surface area contributed by atoms with Crippen molar-refractivity contribution in [3.63, 3.8) is 0 Å². The number of sulfonamides is 1. The lowest BCUT2D eigenvalue weighted by molar-refractivity contribution is 0.475. The molecule has 2 N–H and O–H groups in total. The van der Waals surface area contributed by atoms with Crippen LogP contribution in [0.15, 0.2) is 47.4 Å². The Morgan fingerprint density at radius 2 is 1.80 bits per heavy atom.